The summed E-state index contributed by atoms with van der Waals surface area (Å²) in [6.07, 6.45) is -7.55. The van der Waals surface area contributed by atoms with Crippen molar-refractivity contribution in [3.63, 3.8) is 0 Å². The van der Waals surface area contributed by atoms with Gasteiger partial charge in [0.25, 0.3) is 0 Å². The number of aromatic amines is 1. The highest BCUT2D eigenvalue weighted by molar-refractivity contribution is 5.77. The summed E-state index contributed by atoms with van der Waals surface area (Å²) < 4.78 is 77.8. The molecule has 5 nitrogen and oxygen atoms in total. The lowest BCUT2D eigenvalue weighted by Crippen LogP contribution is -2.11. The predicted octanol–water partition coefficient (Wildman–Crippen LogP) is 5.26. The van der Waals surface area contributed by atoms with E-state index in [2.05, 4.69) is 15.4 Å². The van der Waals surface area contributed by atoms with Crippen molar-refractivity contribution in [1.82, 2.24) is 15.4 Å². The molecule has 0 aliphatic heterocycles. The van der Waals surface area contributed by atoms with Gasteiger partial charge in [-0.1, -0.05) is 23.4 Å². The minimum atomic E-state index is -4.95. The number of nitrogens with zero attached hydrogens (tertiary/aromatic N) is 3. The maximum absolute atomic E-state index is 13.0. The highest BCUT2D eigenvalue weighted by Crippen LogP contribution is 2.37. The Morgan fingerprint density at radius 1 is 0.900 bits per heavy atom. The molecule has 0 amide bonds. The van der Waals surface area contributed by atoms with Gasteiger partial charge in [0.2, 0.25) is 0 Å². The maximum atomic E-state index is 13.0. The van der Waals surface area contributed by atoms with E-state index in [9.17, 15) is 31.4 Å². The van der Waals surface area contributed by atoms with Gasteiger partial charge in [0.05, 0.1) is 11.1 Å². The van der Waals surface area contributed by atoms with E-state index in [0.717, 1.165) is 6.08 Å². The molecule has 1 heterocycles. The van der Waals surface area contributed by atoms with Crippen LogP contribution >= 0.6 is 0 Å². The number of H-pyrrole nitrogens is 1. The fourth-order valence-corrected chi connectivity index (χ4v) is 2.61. The van der Waals surface area contributed by atoms with Crippen LogP contribution in [0.3, 0.4) is 0 Å². The Kier molecular flexibility index (Phi) is 5.26. The molecule has 0 saturated heterocycles. The Morgan fingerprint density at radius 2 is 1.50 bits per heavy atom. The van der Waals surface area contributed by atoms with E-state index in [1.165, 1.54) is 24.3 Å². The summed E-state index contributed by atoms with van der Waals surface area (Å²) >= 11 is 0. The number of nitrogens with one attached hydrogen (secondary N) is 1. The predicted molar refractivity (Wildman–Crippen MR) is 93.6 cm³/mol. The third kappa shape index (κ3) is 4.43. The summed E-state index contributed by atoms with van der Waals surface area (Å²) in [5.41, 5.74) is -2.70. The quantitative estimate of drug-likeness (QED) is 0.444. The molecule has 0 saturated carbocycles. The first-order valence-electron chi connectivity index (χ1n) is 8.11. The van der Waals surface area contributed by atoms with Crippen LogP contribution in [0, 0.1) is 11.3 Å². The largest absolute Gasteiger partial charge is 0.507 e. The van der Waals surface area contributed by atoms with Gasteiger partial charge in [-0.05, 0) is 41.5 Å². The van der Waals surface area contributed by atoms with Crippen LogP contribution in [-0.2, 0) is 12.4 Å². The molecule has 30 heavy (non-hydrogen) atoms. The van der Waals surface area contributed by atoms with Gasteiger partial charge in [0, 0.05) is 5.56 Å². The molecule has 0 aliphatic carbocycles. The second-order valence-electron chi connectivity index (χ2n) is 6.10. The van der Waals surface area contributed by atoms with Crippen LogP contribution in [0.1, 0.15) is 27.9 Å². The summed E-state index contributed by atoms with van der Waals surface area (Å²) in [7, 11) is 0. The molecule has 154 valence electrons. The summed E-state index contributed by atoms with van der Waals surface area (Å²) in [5, 5.41) is 28.5. The number of phenols is 1. The van der Waals surface area contributed by atoms with E-state index in [0.29, 0.717) is 17.7 Å². The second kappa shape index (κ2) is 7.55. The Hall–Kier alpha value is -3.81. The number of halogens is 6. The molecule has 0 fully saturated rings. The number of phenolic OH excluding ortho intramolecular Hbond substituents is 1. The lowest BCUT2D eigenvalue weighted by atomic mass is 10.0. The van der Waals surface area contributed by atoms with Crippen molar-refractivity contribution in [2.24, 2.45) is 0 Å². The topological polar surface area (TPSA) is 85.6 Å². The Morgan fingerprint density at radius 3 is 2.07 bits per heavy atom. The molecule has 0 atom stereocenters. The van der Waals surface area contributed by atoms with E-state index in [1.54, 1.807) is 6.07 Å². The number of aromatic hydroxyl groups is 1. The van der Waals surface area contributed by atoms with Gasteiger partial charge in [0.1, 0.15) is 17.5 Å². The zero-order valence-corrected chi connectivity index (χ0v) is 14.7. The molecule has 2 N–H and O–H groups in total. The molecule has 0 radical (unpaired) electrons. The first kappa shape index (κ1) is 20.9. The summed E-state index contributed by atoms with van der Waals surface area (Å²) in [4.78, 5) is 0. The zero-order chi connectivity index (χ0) is 22.1. The van der Waals surface area contributed by atoms with Crippen molar-refractivity contribution in [1.29, 1.82) is 5.26 Å². The molecular weight excluding hydrogens is 414 g/mol. The molecule has 3 aromatic rings. The Balaban J connectivity index is 2.02. The molecule has 0 bridgehead atoms. The number of alkyl halides is 6. The molecule has 0 aliphatic rings. The SMILES string of the molecule is N#Cc1[nH]nnc1-c1cc(/C=C/c2cc(C(F)(F)F)cc(C(F)(F)F)c2)ccc1O. The van der Waals surface area contributed by atoms with Gasteiger partial charge in [-0.25, -0.2) is 5.10 Å². The van der Waals surface area contributed by atoms with E-state index in [4.69, 9.17) is 5.26 Å². The van der Waals surface area contributed by atoms with Crippen molar-refractivity contribution in [3.8, 4) is 23.1 Å². The van der Waals surface area contributed by atoms with Crippen LogP contribution in [0.25, 0.3) is 23.4 Å². The zero-order valence-electron chi connectivity index (χ0n) is 14.7. The molecule has 0 spiro atoms. The van der Waals surface area contributed by atoms with Crippen LogP contribution in [0.4, 0.5) is 26.3 Å². The van der Waals surface area contributed by atoms with Gasteiger partial charge >= 0.3 is 12.4 Å². The van der Waals surface area contributed by atoms with Gasteiger partial charge in [-0.2, -0.15) is 31.6 Å². The van der Waals surface area contributed by atoms with E-state index in [-0.39, 0.29) is 34.3 Å². The summed E-state index contributed by atoms with van der Waals surface area (Å²) in [6, 6.07) is 7.03. The van der Waals surface area contributed by atoms with Crippen LogP contribution < -0.4 is 0 Å². The third-order valence-corrected chi connectivity index (χ3v) is 4.01. The minimum Gasteiger partial charge on any atom is -0.507 e. The van der Waals surface area contributed by atoms with Gasteiger partial charge in [0.15, 0.2) is 5.69 Å². The van der Waals surface area contributed by atoms with Gasteiger partial charge < -0.3 is 5.11 Å². The minimum absolute atomic E-state index is 0.0286. The van der Waals surface area contributed by atoms with Gasteiger partial charge in [-0.3, -0.25) is 0 Å². The first-order chi connectivity index (χ1) is 14.0. The average Bonchev–Trinajstić information content (AvgIpc) is 3.14. The molecular formula is C19H10F6N4O. The van der Waals surface area contributed by atoms with Crippen molar-refractivity contribution in [3.05, 3.63) is 64.3 Å². The highest BCUT2D eigenvalue weighted by Gasteiger charge is 2.36. The van der Waals surface area contributed by atoms with Crippen LogP contribution in [0.15, 0.2) is 36.4 Å². The van der Waals surface area contributed by atoms with Crippen LogP contribution in [0.2, 0.25) is 0 Å². The standard InChI is InChI=1S/C19H10F6N4O/c20-18(21,22)12-5-11(6-13(8-12)19(23,24)25)2-1-10-3-4-16(30)14(7-10)17-15(9-26)27-29-28-17/h1-8,30H,(H,27,28,29)/b2-1+. The molecule has 11 heteroatoms. The number of benzene rings is 2. The molecule has 3 rings (SSSR count). The fourth-order valence-electron chi connectivity index (χ4n) is 2.61. The van der Waals surface area contributed by atoms with E-state index >= 15 is 0 Å². The number of nitriles is 1. The number of aromatic nitrogens is 3. The van der Waals surface area contributed by atoms with Crippen LogP contribution in [-0.4, -0.2) is 20.5 Å². The third-order valence-electron chi connectivity index (χ3n) is 4.01. The summed E-state index contributed by atoms with van der Waals surface area (Å²) in [5.74, 6) is -0.240. The summed E-state index contributed by atoms with van der Waals surface area (Å²) in [6.45, 7) is 0. The van der Waals surface area contributed by atoms with Crippen LogP contribution in [0.5, 0.6) is 5.75 Å². The maximum Gasteiger partial charge on any atom is 0.416 e. The number of rotatable bonds is 3. The highest BCUT2D eigenvalue weighted by atomic mass is 19.4. The second-order valence-corrected chi connectivity index (χ2v) is 6.10. The van der Waals surface area contributed by atoms with Crippen molar-refractivity contribution < 1.29 is 31.4 Å². The van der Waals surface area contributed by atoms with Crippen molar-refractivity contribution in [2.75, 3.05) is 0 Å². The average molecular weight is 424 g/mol. The Bertz CT molecular complexity index is 1120. The van der Waals surface area contributed by atoms with E-state index in [1.807, 2.05) is 0 Å². The lowest BCUT2D eigenvalue weighted by Gasteiger charge is -2.13. The molecule has 1 aromatic heterocycles. The van der Waals surface area contributed by atoms with Gasteiger partial charge in [-0.15, -0.1) is 5.10 Å². The lowest BCUT2D eigenvalue weighted by molar-refractivity contribution is -0.143. The number of hydrogen-bond acceptors (Lipinski definition) is 4. The van der Waals surface area contributed by atoms with Crippen molar-refractivity contribution >= 4 is 12.2 Å². The van der Waals surface area contributed by atoms with Crippen molar-refractivity contribution in [2.45, 2.75) is 12.4 Å². The number of hydrogen-bond donors (Lipinski definition) is 2. The fraction of sp³-hybridized carbons (Fsp3) is 0.105. The molecule has 2 aromatic carbocycles. The first-order valence-corrected chi connectivity index (χ1v) is 8.11. The Labute approximate surface area is 164 Å². The monoisotopic (exact) mass is 424 g/mol. The smallest absolute Gasteiger partial charge is 0.416 e. The molecule has 0 unspecified atom stereocenters. The normalized spacial score (nSPS) is 12.3. The van der Waals surface area contributed by atoms with E-state index < -0.39 is 23.5 Å².